The lowest BCUT2D eigenvalue weighted by atomic mass is 10.0. The third-order valence-corrected chi connectivity index (χ3v) is 5.64. The molecule has 0 aliphatic carbocycles. The standard InChI is InChI=1S/C9H19NO4S2/c10-6(9-15-2-1-3-16-9)8(14)7(13)5(12)4-11/h5-9,11-14H,1-4,10H2/t5-,6-,7-,8-/m1/s1. The molecule has 0 radical (unpaired) electrons. The van der Waals surface area contributed by atoms with Crippen molar-refractivity contribution in [2.75, 3.05) is 18.1 Å². The third kappa shape index (κ3) is 3.76. The summed E-state index contributed by atoms with van der Waals surface area (Å²) in [5.74, 6) is 1.99. The molecule has 0 aromatic rings. The molecule has 5 nitrogen and oxygen atoms in total. The Bertz CT molecular complexity index is 198. The summed E-state index contributed by atoms with van der Waals surface area (Å²) in [6.45, 7) is -0.587. The summed E-state index contributed by atoms with van der Waals surface area (Å²) in [6.07, 6.45) is -2.84. The van der Waals surface area contributed by atoms with Gasteiger partial charge < -0.3 is 26.2 Å². The lowest BCUT2D eigenvalue weighted by Crippen LogP contribution is -2.53. The number of aliphatic hydroxyl groups is 4. The van der Waals surface area contributed by atoms with Crippen molar-refractivity contribution in [3.05, 3.63) is 0 Å². The molecule has 1 saturated heterocycles. The molecule has 1 aliphatic rings. The van der Waals surface area contributed by atoms with E-state index in [4.69, 9.17) is 10.8 Å². The van der Waals surface area contributed by atoms with Gasteiger partial charge in [-0.1, -0.05) is 0 Å². The van der Waals surface area contributed by atoms with Crippen LogP contribution >= 0.6 is 23.5 Å². The summed E-state index contributed by atoms with van der Waals surface area (Å²) in [6, 6.07) is -0.605. The first-order chi connectivity index (χ1) is 7.57. The van der Waals surface area contributed by atoms with Crippen molar-refractivity contribution in [1.29, 1.82) is 0 Å². The zero-order chi connectivity index (χ0) is 12.1. The van der Waals surface area contributed by atoms with Crippen molar-refractivity contribution < 1.29 is 20.4 Å². The highest BCUT2D eigenvalue weighted by Gasteiger charge is 2.34. The zero-order valence-corrected chi connectivity index (χ0v) is 10.5. The fourth-order valence-electron chi connectivity index (χ4n) is 1.45. The van der Waals surface area contributed by atoms with Crippen molar-refractivity contribution in [1.82, 2.24) is 0 Å². The number of hydrogen-bond acceptors (Lipinski definition) is 7. The molecule has 0 aromatic heterocycles. The average Bonchev–Trinajstić information content (AvgIpc) is 2.36. The fourth-order valence-corrected chi connectivity index (χ4v) is 4.45. The van der Waals surface area contributed by atoms with Gasteiger partial charge in [-0.25, -0.2) is 0 Å². The van der Waals surface area contributed by atoms with Crippen LogP contribution in [0.15, 0.2) is 0 Å². The van der Waals surface area contributed by atoms with E-state index in [0.29, 0.717) is 0 Å². The number of aliphatic hydroxyl groups excluding tert-OH is 4. The highest BCUT2D eigenvalue weighted by Crippen LogP contribution is 2.33. The van der Waals surface area contributed by atoms with Gasteiger partial charge in [0.1, 0.15) is 12.2 Å². The van der Waals surface area contributed by atoms with Gasteiger partial charge in [0.2, 0.25) is 0 Å². The maximum absolute atomic E-state index is 9.77. The molecule has 96 valence electrons. The van der Waals surface area contributed by atoms with E-state index < -0.39 is 31.0 Å². The fraction of sp³-hybridized carbons (Fsp3) is 1.00. The molecule has 4 atom stereocenters. The molecule has 0 amide bonds. The van der Waals surface area contributed by atoms with Gasteiger partial charge in [-0.2, -0.15) is 0 Å². The number of nitrogens with two attached hydrogens (primary N) is 1. The molecular formula is C9H19NO4S2. The van der Waals surface area contributed by atoms with Crippen LogP contribution in [-0.4, -0.2) is 67.5 Å². The summed E-state index contributed by atoms with van der Waals surface area (Å²) in [7, 11) is 0. The van der Waals surface area contributed by atoms with Crippen molar-refractivity contribution in [3.8, 4) is 0 Å². The van der Waals surface area contributed by atoms with E-state index in [0.717, 1.165) is 17.9 Å². The quantitative estimate of drug-likeness (QED) is 0.417. The summed E-state index contributed by atoms with van der Waals surface area (Å²) < 4.78 is 0.0318. The van der Waals surface area contributed by atoms with Crippen LogP contribution in [0.4, 0.5) is 0 Å². The first-order valence-corrected chi connectivity index (χ1v) is 7.31. The van der Waals surface area contributed by atoms with E-state index in [1.54, 1.807) is 23.5 Å². The zero-order valence-electron chi connectivity index (χ0n) is 8.90. The Morgan fingerprint density at radius 1 is 1.12 bits per heavy atom. The van der Waals surface area contributed by atoms with E-state index in [-0.39, 0.29) is 4.58 Å². The van der Waals surface area contributed by atoms with Gasteiger partial charge in [0.05, 0.1) is 23.3 Å². The second-order valence-corrected chi connectivity index (χ2v) is 6.57. The van der Waals surface area contributed by atoms with Crippen LogP contribution < -0.4 is 5.73 Å². The third-order valence-electron chi connectivity index (χ3n) is 2.49. The van der Waals surface area contributed by atoms with E-state index in [9.17, 15) is 15.3 Å². The Balaban J connectivity index is 2.47. The molecule has 6 N–H and O–H groups in total. The van der Waals surface area contributed by atoms with Crippen LogP contribution in [0.25, 0.3) is 0 Å². The van der Waals surface area contributed by atoms with E-state index in [1.165, 1.54) is 0 Å². The molecule has 0 bridgehead atoms. The predicted molar refractivity (Wildman–Crippen MR) is 66.4 cm³/mol. The van der Waals surface area contributed by atoms with Crippen LogP contribution in [0.2, 0.25) is 0 Å². The smallest absolute Gasteiger partial charge is 0.110 e. The molecule has 0 aromatic carbocycles. The summed E-state index contributed by atoms with van der Waals surface area (Å²) in [5, 5.41) is 37.2. The van der Waals surface area contributed by atoms with Gasteiger partial charge in [-0.15, -0.1) is 23.5 Å². The van der Waals surface area contributed by atoms with Crippen molar-refractivity contribution in [3.63, 3.8) is 0 Å². The Morgan fingerprint density at radius 3 is 2.19 bits per heavy atom. The Labute approximate surface area is 103 Å². The SMILES string of the molecule is N[C@@H](C1SCCCS1)[C@@H](O)[C@H](O)[C@H](O)CO. The highest BCUT2D eigenvalue weighted by molar-refractivity contribution is 8.17. The lowest BCUT2D eigenvalue weighted by molar-refractivity contribution is -0.0817. The maximum atomic E-state index is 9.77. The molecule has 1 rings (SSSR count). The van der Waals surface area contributed by atoms with Gasteiger partial charge >= 0.3 is 0 Å². The Kier molecular flexibility index (Phi) is 6.42. The van der Waals surface area contributed by atoms with Crippen molar-refractivity contribution >= 4 is 23.5 Å². The predicted octanol–water partition coefficient (Wildman–Crippen LogP) is -1.42. The van der Waals surface area contributed by atoms with Crippen LogP contribution in [0.1, 0.15) is 6.42 Å². The van der Waals surface area contributed by atoms with Gasteiger partial charge in [0.25, 0.3) is 0 Å². The summed E-state index contributed by atoms with van der Waals surface area (Å²) >= 11 is 3.32. The second kappa shape index (κ2) is 7.05. The van der Waals surface area contributed by atoms with Crippen LogP contribution in [-0.2, 0) is 0 Å². The van der Waals surface area contributed by atoms with Crippen LogP contribution in [0.5, 0.6) is 0 Å². The number of thioether (sulfide) groups is 2. The van der Waals surface area contributed by atoms with Crippen molar-refractivity contribution in [2.24, 2.45) is 5.73 Å². The van der Waals surface area contributed by atoms with Crippen LogP contribution in [0.3, 0.4) is 0 Å². The first kappa shape index (κ1) is 14.6. The van der Waals surface area contributed by atoms with Gasteiger partial charge in [0.15, 0.2) is 0 Å². The molecule has 1 aliphatic heterocycles. The monoisotopic (exact) mass is 269 g/mol. The molecule has 16 heavy (non-hydrogen) atoms. The maximum Gasteiger partial charge on any atom is 0.110 e. The topological polar surface area (TPSA) is 107 Å². The second-order valence-electron chi connectivity index (χ2n) is 3.77. The minimum absolute atomic E-state index is 0.0318. The minimum Gasteiger partial charge on any atom is -0.394 e. The van der Waals surface area contributed by atoms with E-state index in [2.05, 4.69) is 0 Å². The molecular weight excluding hydrogens is 250 g/mol. The summed E-state index contributed by atoms with van der Waals surface area (Å²) in [5.41, 5.74) is 5.84. The minimum atomic E-state index is -1.40. The first-order valence-electron chi connectivity index (χ1n) is 5.21. The molecule has 0 saturated carbocycles. The lowest BCUT2D eigenvalue weighted by Gasteiger charge is -2.32. The highest BCUT2D eigenvalue weighted by atomic mass is 32.2. The van der Waals surface area contributed by atoms with Gasteiger partial charge in [-0.3, -0.25) is 0 Å². The van der Waals surface area contributed by atoms with E-state index >= 15 is 0 Å². The molecule has 1 fully saturated rings. The van der Waals surface area contributed by atoms with Crippen LogP contribution in [0, 0.1) is 0 Å². The number of rotatable bonds is 5. The summed E-state index contributed by atoms with van der Waals surface area (Å²) in [4.78, 5) is 0. The Morgan fingerprint density at radius 2 is 1.69 bits per heavy atom. The largest absolute Gasteiger partial charge is 0.394 e. The normalized spacial score (nSPS) is 26.1. The Hall–Kier alpha value is 0.500. The van der Waals surface area contributed by atoms with Gasteiger partial charge in [0, 0.05) is 0 Å². The van der Waals surface area contributed by atoms with Gasteiger partial charge in [-0.05, 0) is 17.9 Å². The van der Waals surface area contributed by atoms with Crippen molar-refractivity contribution in [2.45, 2.75) is 35.4 Å². The molecule has 0 spiro atoms. The molecule has 0 unspecified atom stereocenters. The number of hydrogen-bond donors (Lipinski definition) is 5. The average molecular weight is 269 g/mol. The molecule has 1 heterocycles. The van der Waals surface area contributed by atoms with E-state index in [1.807, 2.05) is 0 Å². The molecule has 7 heteroatoms.